The molecule has 1 aromatic carbocycles. The van der Waals surface area contributed by atoms with Gasteiger partial charge in [-0.2, -0.15) is 0 Å². The van der Waals surface area contributed by atoms with Gasteiger partial charge in [0.05, 0.1) is 16.8 Å². The number of carbonyl (C=O) groups excluding carboxylic acids is 1. The molecular formula is C25H21N3O3S2. The van der Waals surface area contributed by atoms with E-state index in [2.05, 4.69) is 9.97 Å². The van der Waals surface area contributed by atoms with Crippen LogP contribution in [0.3, 0.4) is 0 Å². The summed E-state index contributed by atoms with van der Waals surface area (Å²) in [5, 5.41) is 2.78. The van der Waals surface area contributed by atoms with Crippen LogP contribution in [0.2, 0.25) is 0 Å². The summed E-state index contributed by atoms with van der Waals surface area (Å²) in [6, 6.07) is 11.6. The van der Waals surface area contributed by atoms with Crippen LogP contribution in [0.15, 0.2) is 70.2 Å². The molecule has 6 nitrogen and oxygen atoms in total. The summed E-state index contributed by atoms with van der Waals surface area (Å²) in [5.41, 5.74) is 6.27. The average molecular weight is 476 g/mol. The Morgan fingerprint density at radius 3 is 2.70 bits per heavy atom. The first-order valence-electron chi connectivity index (χ1n) is 10.8. The fourth-order valence-electron chi connectivity index (χ4n) is 4.95. The Morgan fingerprint density at radius 1 is 1.03 bits per heavy atom. The number of sulfone groups is 1. The van der Waals surface area contributed by atoms with Gasteiger partial charge in [-0.3, -0.25) is 9.78 Å². The predicted molar refractivity (Wildman–Crippen MR) is 129 cm³/mol. The van der Waals surface area contributed by atoms with Crippen LogP contribution in [0.4, 0.5) is 0 Å². The molecule has 0 aliphatic carbocycles. The number of nitrogens with one attached hydrogen (secondary N) is 1. The van der Waals surface area contributed by atoms with E-state index >= 15 is 0 Å². The molecule has 8 heteroatoms. The van der Waals surface area contributed by atoms with Crippen LogP contribution < -0.4 is 0 Å². The summed E-state index contributed by atoms with van der Waals surface area (Å²) in [5.74, 6) is -0.00901. The third-order valence-corrected chi connectivity index (χ3v) is 9.75. The lowest BCUT2D eigenvalue weighted by atomic mass is 9.87. The fourth-order valence-corrected chi connectivity index (χ4v) is 7.80. The molecule has 2 aliphatic heterocycles. The molecular weight excluding hydrogens is 454 g/mol. The van der Waals surface area contributed by atoms with E-state index in [0.29, 0.717) is 35.7 Å². The molecule has 3 aromatic heterocycles. The maximum Gasteiger partial charge on any atom is 0.257 e. The summed E-state index contributed by atoms with van der Waals surface area (Å²) >= 11 is 1.29. The zero-order chi connectivity index (χ0) is 22.6. The monoisotopic (exact) mass is 475 g/mol. The highest BCUT2D eigenvalue weighted by atomic mass is 32.2. The average Bonchev–Trinajstić information content (AvgIpc) is 3.49. The normalized spacial score (nSPS) is 17.5. The van der Waals surface area contributed by atoms with Gasteiger partial charge in [0.25, 0.3) is 5.91 Å². The summed E-state index contributed by atoms with van der Waals surface area (Å²) in [6.45, 7) is 1.17. The first-order chi connectivity index (χ1) is 16.0. The van der Waals surface area contributed by atoms with Gasteiger partial charge in [-0.15, -0.1) is 11.3 Å². The van der Waals surface area contributed by atoms with E-state index in [-0.39, 0.29) is 11.7 Å². The first-order valence-corrected chi connectivity index (χ1v) is 13.4. The van der Waals surface area contributed by atoms with Crippen LogP contribution in [0.1, 0.15) is 39.9 Å². The number of benzene rings is 1. The van der Waals surface area contributed by atoms with E-state index in [1.54, 1.807) is 12.4 Å². The second-order valence-electron chi connectivity index (χ2n) is 8.44. The number of likely N-dealkylation sites (tertiary alicyclic amines) is 1. The van der Waals surface area contributed by atoms with Gasteiger partial charge in [-0.1, -0.05) is 29.8 Å². The Kier molecular flexibility index (Phi) is 4.74. The molecule has 1 fully saturated rings. The van der Waals surface area contributed by atoms with Crippen molar-refractivity contribution in [1.29, 1.82) is 0 Å². The first kappa shape index (κ1) is 20.4. The second-order valence-corrected chi connectivity index (χ2v) is 11.5. The van der Waals surface area contributed by atoms with Gasteiger partial charge in [-0.25, -0.2) is 8.42 Å². The largest absolute Gasteiger partial charge is 0.360 e. The van der Waals surface area contributed by atoms with Crippen molar-refractivity contribution in [2.75, 3.05) is 13.1 Å². The zero-order valence-corrected chi connectivity index (χ0v) is 19.4. The number of hydrogen-bond donors (Lipinski definition) is 1. The number of rotatable bonds is 1. The highest BCUT2D eigenvalue weighted by Gasteiger charge is 2.32. The van der Waals surface area contributed by atoms with Crippen molar-refractivity contribution >= 4 is 43.6 Å². The van der Waals surface area contributed by atoms with Crippen LogP contribution in [0.25, 0.3) is 16.5 Å². The molecule has 0 unspecified atom stereocenters. The second kappa shape index (κ2) is 7.67. The molecule has 0 bridgehead atoms. The Bertz CT molecular complexity index is 1540. The number of piperidine rings is 1. The Hall–Kier alpha value is -3.23. The number of fused-ring (bicyclic) bond motifs is 3. The molecule has 33 heavy (non-hydrogen) atoms. The van der Waals surface area contributed by atoms with Crippen molar-refractivity contribution < 1.29 is 13.2 Å². The van der Waals surface area contributed by atoms with Crippen molar-refractivity contribution in [3.63, 3.8) is 0 Å². The van der Waals surface area contributed by atoms with E-state index in [4.69, 9.17) is 0 Å². The Balaban J connectivity index is 1.38. The zero-order valence-electron chi connectivity index (χ0n) is 17.7. The standard InChI is InChI=1S/C25H21N3O3S2/c29-24(21-14-26-13-17-5-9-27-23(17)21)28-10-6-16(7-11-28)22-19-4-2-1-3-18(19)15-33(30,31)25-20(22)8-12-32-25/h1-5,8-9,12-14,27H,6-7,10-11,15H2. The lowest BCUT2D eigenvalue weighted by molar-refractivity contribution is 0.0745. The molecule has 4 aromatic rings. The van der Waals surface area contributed by atoms with Crippen molar-refractivity contribution in [2.24, 2.45) is 0 Å². The van der Waals surface area contributed by atoms with Crippen molar-refractivity contribution in [2.45, 2.75) is 22.8 Å². The van der Waals surface area contributed by atoms with Crippen LogP contribution in [-0.4, -0.2) is 42.3 Å². The van der Waals surface area contributed by atoms with Gasteiger partial charge in [0.15, 0.2) is 9.84 Å². The van der Waals surface area contributed by atoms with Crippen molar-refractivity contribution in [3.8, 4) is 0 Å². The third kappa shape index (κ3) is 3.32. The number of aromatic amines is 1. The molecule has 0 spiro atoms. The van der Waals surface area contributed by atoms with Gasteiger partial charge in [0.2, 0.25) is 0 Å². The molecule has 0 saturated carbocycles. The number of thiophene rings is 1. The molecule has 6 rings (SSSR count). The van der Waals surface area contributed by atoms with Crippen LogP contribution in [-0.2, 0) is 15.6 Å². The fraction of sp³-hybridized carbons (Fsp3) is 0.200. The van der Waals surface area contributed by atoms with Crippen molar-refractivity contribution in [3.05, 3.63) is 88.2 Å². The molecule has 0 radical (unpaired) electrons. The third-order valence-electron chi connectivity index (χ3n) is 6.52. The highest BCUT2D eigenvalue weighted by molar-refractivity contribution is 7.92. The minimum Gasteiger partial charge on any atom is -0.360 e. The van der Waals surface area contributed by atoms with Gasteiger partial charge in [-0.05, 0) is 47.1 Å². The number of amides is 1. The van der Waals surface area contributed by atoms with Gasteiger partial charge in [0, 0.05) is 42.6 Å². The van der Waals surface area contributed by atoms with Gasteiger partial charge >= 0.3 is 0 Å². The molecule has 1 saturated heterocycles. The smallest absolute Gasteiger partial charge is 0.257 e. The summed E-state index contributed by atoms with van der Waals surface area (Å²) < 4.78 is 26.6. The number of hydrogen-bond acceptors (Lipinski definition) is 5. The molecule has 0 atom stereocenters. The number of pyridine rings is 1. The highest BCUT2D eigenvalue weighted by Crippen LogP contribution is 2.43. The Labute approximate surface area is 195 Å². The van der Waals surface area contributed by atoms with Gasteiger partial charge in [0.1, 0.15) is 4.21 Å². The summed E-state index contributed by atoms with van der Waals surface area (Å²) in [7, 11) is -3.39. The molecule has 5 heterocycles. The molecule has 1 amide bonds. The van der Waals surface area contributed by atoms with E-state index < -0.39 is 9.84 Å². The number of carbonyl (C=O) groups is 1. The van der Waals surface area contributed by atoms with E-state index in [1.165, 1.54) is 16.9 Å². The van der Waals surface area contributed by atoms with Crippen molar-refractivity contribution in [1.82, 2.24) is 14.9 Å². The number of nitrogens with zero attached hydrogens (tertiary/aromatic N) is 2. The summed E-state index contributed by atoms with van der Waals surface area (Å²) in [6.07, 6.45) is 6.60. The topological polar surface area (TPSA) is 83.1 Å². The van der Waals surface area contributed by atoms with E-state index in [0.717, 1.165) is 33.2 Å². The minimum absolute atomic E-state index is 0.0191. The number of aromatic nitrogens is 2. The van der Waals surface area contributed by atoms with E-state index in [1.807, 2.05) is 52.9 Å². The molecule has 166 valence electrons. The quantitative estimate of drug-likeness (QED) is 0.434. The lowest BCUT2D eigenvalue weighted by Gasteiger charge is -2.30. The molecule has 2 aliphatic rings. The summed E-state index contributed by atoms with van der Waals surface area (Å²) in [4.78, 5) is 22.5. The molecule has 1 N–H and O–H groups in total. The maximum atomic E-state index is 13.3. The predicted octanol–water partition coefficient (Wildman–Crippen LogP) is 4.65. The van der Waals surface area contributed by atoms with Crippen LogP contribution in [0, 0.1) is 0 Å². The minimum atomic E-state index is -3.39. The van der Waals surface area contributed by atoms with Crippen LogP contribution in [0.5, 0.6) is 0 Å². The SMILES string of the molecule is O=C(c1cncc2cc[nH]c12)N1CCC(=C2c3ccccc3CS(=O)(=O)c3sccc32)CC1. The van der Waals surface area contributed by atoms with Gasteiger partial charge < -0.3 is 9.88 Å². The Morgan fingerprint density at radius 2 is 1.85 bits per heavy atom. The maximum absolute atomic E-state index is 13.3. The number of H-pyrrole nitrogens is 1. The van der Waals surface area contributed by atoms with Crippen LogP contribution >= 0.6 is 11.3 Å². The lowest BCUT2D eigenvalue weighted by Crippen LogP contribution is -2.36. The van der Waals surface area contributed by atoms with E-state index in [9.17, 15) is 13.2 Å².